The van der Waals surface area contributed by atoms with Crippen LogP contribution in [0.3, 0.4) is 0 Å². The van der Waals surface area contributed by atoms with Crippen LogP contribution >= 0.6 is 11.3 Å². The van der Waals surface area contributed by atoms with Gasteiger partial charge in [0.1, 0.15) is 23.5 Å². The molecule has 1 fully saturated rings. The predicted octanol–water partition coefficient (Wildman–Crippen LogP) is 3.82. The van der Waals surface area contributed by atoms with Gasteiger partial charge >= 0.3 is 11.9 Å². The summed E-state index contributed by atoms with van der Waals surface area (Å²) in [4.78, 5) is 28.4. The van der Waals surface area contributed by atoms with Crippen LogP contribution in [-0.2, 0) is 19.1 Å². The molecule has 2 aromatic heterocycles. The van der Waals surface area contributed by atoms with Gasteiger partial charge in [0.25, 0.3) is 0 Å². The Labute approximate surface area is 172 Å². The first-order valence-electron chi connectivity index (χ1n) is 9.65. The Morgan fingerprint density at radius 1 is 1.41 bits per heavy atom. The SMILES string of the molecule is CCCCOC(=O)C1CCC(OC(=O)/C(C#N)=C/c2cc3sc(N)nc3o2)CC1. The first-order chi connectivity index (χ1) is 14.0. The molecule has 0 radical (unpaired) electrons. The van der Waals surface area contributed by atoms with Crippen LogP contribution in [0.25, 0.3) is 16.5 Å². The third-order valence-electron chi connectivity index (χ3n) is 4.78. The smallest absolute Gasteiger partial charge is 0.349 e. The lowest BCUT2D eigenvalue weighted by Crippen LogP contribution is -2.29. The number of unbranched alkanes of at least 4 members (excludes halogenated alkanes) is 1. The van der Waals surface area contributed by atoms with E-state index in [1.807, 2.05) is 13.0 Å². The van der Waals surface area contributed by atoms with Crippen molar-refractivity contribution >= 4 is 44.9 Å². The van der Waals surface area contributed by atoms with Gasteiger partial charge < -0.3 is 19.6 Å². The van der Waals surface area contributed by atoms with Gasteiger partial charge in [-0.25, -0.2) is 4.79 Å². The van der Waals surface area contributed by atoms with Crippen LogP contribution in [0.1, 0.15) is 51.2 Å². The van der Waals surface area contributed by atoms with Crippen LogP contribution < -0.4 is 5.73 Å². The van der Waals surface area contributed by atoms with E-state index in [4.69, 9.17) is 19.6 Å². The van der Waals surface area contributed by atoms with Crippen molar-refractivity contribution in [3.05, 3.63) is 17.4 Å². The Bertz CT molecular complexity index is 916. The van der Waals surface area contributed by atoms with Crippen molar-refractivity contribution in [1.29, 1.82) is 5.26 Å². The summed E-state index contributed by atoms with van der Waals surface area (Å²) in [5.41, 5.74) is 5.82. The zero-order chi connectivity index (χ0) is 20.8. The van der Waals surface area contributed by atoms with E-state index in [9.17, 15) is 14.9 Å². The summed E-state index contributed by atoms with van der Waals surface area (Å²) >= 11 is 1.26. The number of furan rings is 1. The molecule has 29 heavy (non-hydrogen) atoms. The number of carbonyl (C=O) groups is 2. The largest absolute Gasteiger partial charge is 0.465 e. The maximum Gasteiger partial charge on any atom is 0.349 e. The zero-order valence-electron chi connectivity index (χ0n) is 16.2. The molecule has 0 saturated heterocycles. The highest BCUT2D eigenvalue weighted by atomic mass is 32.1. The second kappa shape index (κ2) is 9.56. The average molecular weight is 417 g/mol. The van der Waals surface area contributed by atoms with Crippen LogP contribution in [0, 0.1) is 17.2 Å². The lowest BCUT2D eigenvalue weighted by Gasteiger charge is -2.27. The lowest BCUT2D eigenvalue weighted by atomic mass is 9.87. The molecule has 154 valence electrons. The number of nitrogen functional groups attached to an aromatic ring is 1. The van der Waals surface area contributed by atoms with Gasteiger partial charge in [-0.15, -0.1) is 0 Å². The molecule has 9 heteroatoms. The maximum atomic E-state index is 12.4. The average Bonchev–Trinajstić information content (AvgIpc) is 3.23. The van der Waals surface area contributed by atoms with Crippen LogP contribution in [-0.4, -0.2) is 29.6 Å². The number of esters is 2. The van der Waals surface area contributed by atoms with Crippen molar-refractivity contribution in [2.75, 3.05) is 12.3 Å². The fourth-order valence-corrected chi connectivity index (χ4v) is 3.89. The number of ether oxygens (including phenoxy) is 2. The Kier molecular flexibility index (Phi) is 6.88. The number of nitrogens with zero attached hydrogens (tertiary/aromatic N) is 2. The maximum absolute atomic E-state index is 12.4. The van der Waals surface area contributed by atoms with E-state index in [-0.39, 0.29) is 23.6 Å². The molecule has 0 unspecified atom stereocenters. The van der Waals surface area contributed by atoms with E-state index in [1.54, 1.807) is 6.07 Å². The van der Waals surface area contributed by atoms with Crippen LogP contribution in [0.2, 0.25) is 0 Å². The summed E-state index contributed by atoms with van der Waals surface area (Å²) in [6.07, 6.45) is 5.20. The van der Waals surface area contributed by atoms with E-state index in [2.05, 4.69) is 4.98 Å². The quantitative estimate of drug-likeness (QED) is 0.311. The van der Waals surface area contributed by atoms with Crippen LogP contribution in [0.15, 0.2) is 16.1 Å². The van der Waals surface area contributed by atoms with E-state index in [0.717, 1.165) is 17.5 Å². The number of anilines is 1. The van der Waals surface area contributed by atoms with Gasteiger partial charge in [-0.3, -0.25) is 4.79 Å². The molecule has 0 aromatic carbocycles. The number of nitrogens with two attached hydrogens (primary N) is 1. The fourth-order valence-electron chi connectivity index (χ4n) is 3.19. The number of hydrogen-bond acceptors (Lipinski definition) is 9. The molecule has 0 amide bonds. The van der Waals surface area contributed by atoms with Crippen molar-refractivity contribution in [1.82, 2.24) is 4.98 Å². The second-order valence-electron chi connectivity index (χ2n) is 6.94. The Balaban J connectivity index is 1.53. The van der Waals surface area contributed by atoms with Crippen molar-refractivity contribution < 1.29 is 23.5 Å². The lowest BCUT2D eigenvalue weighted by molar-refractivity contribution is -0.152. The number of nitriles is 1. The van der Waals surface area contributed by atoms with Crippen molar-refractivity contribution in [3.8, 4) is 6.07 Å². The monoisotopic (exact) mass is 417 g/mol. The van der Waals surface area contributed by atoms with E-state index < -0.39 is 5.97 Å². The highest BCUT2D eigenvalue weighted by molar-refractivity contribution is 7.22. The number of fused-ring (bicyclic) bond motifs is 1. The summed E-state index contributed by atoms with van der Waals surface area (Å²) in [7, 11) is 0. The van der Waals surface area contributed by atoms with Crippen molar-refractivity contribution in [3.63, 3.8) is 0 Å². The molecule has 8 nitrogen and oxygen atoms in total. The Morgan fingerprint density at radius 2 is 2.17 bits per heavy atom. The third kappa shape index (κ3) is 5.35. The first kappa shape index (κ1) is 20.9. The number of rotatable bonds is 7. The molecular weight excluding hydrogens is 394 g/mol. The fraction of sp³-hybridized carbons (Fsp3) is 0.500. The zero-order valence-corrected chi connectivity index (χ0v) is 17.0. The van der Waals surface area contributed by atoms with Gasteiger partial charge in [0.2, 0.25) is 5.71 Å². The Hall–Kier alpha value is -2.86. The minimum Gasteiger partial charge on any atom is -0.465 e. The Morgan fingerprint density at radius 3 is 2.83 bits per heavy atom. The molecule has 0 aliphatic heterocycles. The molecule has 2 heterocycles. The molecule has 1 aliphatic rings. The number of hydrogen-bond donors (Lipinski definition) is 1. The van der Waals surface area contributed by atoms with Crippen LogP contribution in [0.5, 0.6) is 0 Å². The highest BCUT2D eigenvalue weighted by Crippen LogP contribution is 2.29. The topological polar surface area (TPSA) is 128 Å². The van der Waals surface area contributed by atoms with Crippen molar-refractivity contribution in [2.45, 2.75) is 51.6 Å². The van der Waals surface area contributed by atoms with E-state index in [0.29, 0.717) is 48.9 Å². The third-order valence-corrected chi connectivity index (χ3v) is 5.59. The molecule has 2 aromatic rings. The van der Waals surface area contributed by atoms with Crippen molar-refractivity contribution in [2.24, 2.45) is 5.92 Å². The number of carbonyl (C=O) groups excluding carboxylic acids is 2. The van der Waals surface area contributed by atoms with Crippen LogP contribution in [0.4, 0.5) is 5.13 Å². The molecule has 3 rings (SSSR count). The summed E-state index contributed by atoms with van der Waals surface area (Å²) in [5.74, 6) is -0.684. The van der Waals surface area contributed by atoms with E-state index >= 15 is 0 Å². The summed E-state index contributed by atoms with van der Waals surface area (Å²) < 4.78 is 16.9. The molecule has 1 saturated carbocycles. The minimum absolute atomic E-state index is 0.149. The predicted molar refractivity (Wildman–Crippen MR) is 108 cm³/mol. The van der Waals surface area contributed by atoms with Gasteiger partial charge in [0.05, 0.1) is 17.2 Å². The minimum atomic E-state index is -0.700. The highest BCUT2D eigenvalue weighted by Gasteiger charge is 2.30. The summed E-state index contributed by atoms with van der Waals surface area (Å²) in [6, 6.07) is 3.52. The van der Waals surface area contributed by atoms with Gasteiger partial charge in [-0.1, -0.05) is 24.7 Å². The van der Waals surface area contributed by atoms with Gasteiger partial charge in [-0.05, 0) is 32.1 Å². The number of thiazole rings is 1. The first-order valence-corrected chi connectivity index (χ1v) is 10.5. The van der Waals surface area contributed by atoms with Gasteiger partial charge in [0.15, 0.2) is 5.13 Å². The molecule has 2 N–H and O–H groups in total. The van der Waals surface area contributed by atoms with Gasteiger partial charge in [0, 0.05) is 12.1 Å². The van der Waals surface area contributed by atoms with E-state index in [1.165, 1.54) is 17.4 Å². The molecule has 0 bridgehead atoms. The second-order valence-corrected chi connectivity index (χ2v) is 8.00. The number of aromatic nitrogens is 1. The molecular formula is C20H23N3O5S. The van der Waals surface area contributed by atoms with Gasteiger partial charge in [-0.2, -0.15) is 10.2 Å². The normalized spacial score (nSPS) is 19.7. The standard InChI is InChI=1S/C20H23N3O5S/c1-2-3-8-26-18(24)12-4-6-14(7-5-12)28-19(25)13(11-21)9-15-10-16-17(27-15)23-20(22)29-16/h9-10,12,14H,2-8H2,1H3,(H2,22,23)/b13-9+. The molecule has 0 spiro atoms. The summed E-state index contributed by atoms with van der Waals surface area (Å²) in [6.45, 7) is 2.49. The molecule has 1 aliphatic carbocycles. The summed E-state index contributed by atoms with van der Waals surface area (Å²) in [5, 5.41) is 9.71. The molecule has 0 atom stereocenters.